The first-order valence-electron chi connectivity index (χ1n) is 8.82. The van der Waals surface area contributed by atoms with Crippen LogP contribution in [0.15, 0.2) is 49.1 Å². The van der Waals surface area contributed by atoms with Crippen molar-refractivity contribution in [2.24, 2.45) is 0 Å². The molecule has 4 nitrogen and oxygen atoms in total. The molecule has 1 unspecified atom stereocenters. The molecule has 1 heterocycles. The van der Waals surface area contributed by atoms with Crippen molar-refractivity contribution in [1.29, 1.82) is 0 Å². The molecule has 1 aliphatic rings. The van der Waals surface area contributed by atoms with Crippen molar-refractivity contribution in [3.05, 3.63) is 77.6 Å². The fraction of sp³-hybridized carbons (Fsp3) is 0.238. The number of amides is 2. The molecule has 0 spiro atoms. The molecule has 0 bridgehead atoms. The van der Waals surface area contributed by atoms with Gasteiger partial charge in [-0.3, -0.25) is 9.59 Å². The number of likely N-dealkylation sites (tertiary alicyclic amines) is 1. The fourth-order valence-corrected chi connectivity index (χ4v) is 3.31. The van der Waals surface area contributed by atoms with Crippen LogP contribution in [0.4, 0.5) is 18.9 Å². The number of hydrogen-bond donors (Lipinski definition) is 1. The van der Waals surface area contributed by atoms with Crippen molar-refractivity contribution >= 4 is 17.5 Å². The number of halogens is 3. The first-order chi connectivity index (χ1) is 13.4. The van der Waals surface area contributed by atoms with Crippen LogP contribution < -0.4 is 5.32 Å². The van der Waals surface area contributed by atoms with E-state index in [2.05, 4.69) is 11.9 Å². The molecular weight excluding hydrogens is 369 g/mol. The Morgan fingerprint density at radius 1 is 1.18 bits per heavy atom. The van der Waals surface area contributed by atoms with Gasteiger partial charge in [0.25, 0.3) is 0 Å². The van der Waals surface area contributed by atoms with Gasteiger partial charge in [-0.15, -0.1) is 0 Å². The van der Waals surface area contributed by atoms with E-state index in [1.807, 2.05) is 0 Å². The topological polar surface area (TPSA) is 49.4 Å². The second-order valence-corrected chi connectivity index (χ2v) is 6.69. The Balaban J connectivity index is 1.64. The van der Waals surface area contributed by atoms with Crippen molar-refractivity contribution in [1.82, 2.24) is 4.90 Å². The zero-order valence-electron chi connectivity index (χ0n) is 15.1. The van der Waals surface area contributed by atoms with Gasteiger partial charge in [-0.05, 0) is 47.9 Å². The minimum absolute atomic E-state index is 0.127. The summed E-state index contributed by atoms with van der Waals surface area (Å²) in [5.74, 6) is -4.65. The average Bonchev–Trinajstić information content (AvgIpc) is 3.16. The summed E-state index contributed by atoms with van der Waals surface area (Å²) >= 11 is 0. The Hall–Kier alpha value is -3.09. The summed E-state index contributed by atoms with van der Waals surface area (Å²) in [5.41, 5.74) is 1.64. The van der Waals surface area contributed by atoms with Crippen LogP contribution in [0.1, 0.15) is 23.5 Å². The average molecular weight is 388 g/mol. The van der Waals surface area contributed by atoms with Crippen molar-refractivity contribution in [2.45, 2.75) is 18.8 Å². The molecule has 3 rings (SSSR count). The molecule has 1 N–H and O–H groups in total. The highest BCUT2D eigenvalue weighted by molar-refractivity contribution is 5.98. The summed E-state index contributed by atoms with van der Waals surface area (Å²) in [6.07, 6.45) is 1.84. The van der Waals surface area contributed by atoms with Gasteiger partial charge in [-0.2, -0.15) is 0 Å². The Labute approximate surface area is 160 Å². The lowest BCUT2D eigenvalue weighted by atomic mass is 9.98. The minimum Gasteiger partial charge on any atom is -0.342 e. The van der Waals surface area contributed by atoms with Crippen molar-refractivity contribution in [2.75, 3.05) is 18.4 Å². The molecule has 1 atom stereocenters. The highest BCUT2D eigenvalue weighted by Gasteiger charge is 2.28. The maximum absolute atomic E-state index is 13.5. The second-order valence-electron chi connectivity index (χ2n) is 6.69. The number of rotatable bonds is 5. The molecule has 0 aliphatic carbocycles. The van der Waals surface area contributed by atoms with E-state index in [4.69, 9.17) is 0 Å². The predicted octanol–water partition coefficient (Wildman–Crippen LogP) is 3.79. The van der Waals surface area contributed by atoms with Crippen LogP contribution in [0, 0.1) is 17.5 Å². The first-order valence-corrected chi connectivity index (χ1v) is 8.82. The molecule has 2 aromatic rings. The van der Waals surface area contributed by atoms with E-state index >= 15 is 0 Å². The number of anilines is 1. The monoisotopic (exact) mass is 388 g/mol. The van der Waals surface area contributed by atoms with E-state index < -0.39 is 17.5 Å². The normalized spacial score (nSPS) is 16.1. The Morgan fingerprint density at radius 2 is 1.89 bits per heavy atom. The van der Waals surface area contributed by atoms with Gasteiger partial charge in [0.2, 0.25) is 11.8 Å². The van der Waals surface area contributed by atoms with Gasteiger partial charge in [0.05, 0.1) is 6.42 Å². The maximum Gasteiger partial charge on any atom is 0.247 e. The van der Waals surface area contributed by atoms with Crippen LogP contribution in [0.5, 0.6) is 0 Å². The summed E-state index contributed by atoms with van der Waals surface area (Å²) in [5, 5.41) is 2.63. The van der Waals surface area contributed by atoms with E-state index in [9.17, 15) is 22.8 Å². The molecule has 2 aromatic carbocycles. The molecule has 1 aliphatic heterocycles. The molecule has 1 saturated heterocycles. The number of benzene rings is 2. The minimum atomic E-state index is -1.49. The predicted molar refractivity (Wildman–Crippen MR) is 99.2 cm³/mol. The number of nitrogens with zero attached hydrogens (tertiary/aromatic N) is 1. The van der Waals surface area contributed by atoms with E-state index in [0.717, 1.165) is 23.8 Å². The number of nitrogens with one attached hydrogen (secondary N) is 1. The summed E-state index contributed by atoms with van der Waals surface area (Å²) in [6, 6.07) is 8.90. The van der Waals surface area contributed by atoms with Crippen molar-refractivity contribution in [3.8, 4) is 0 Å². The summed E-state index contributed by atoms with van der Waals surface area (Å²) in [6.45, 7) is 4.16. The lowest BCUT2D eigenvalue weighted by molar-refractivity contribution is -0.129. The zero-order chi connectivity index (χ0) is 20.3. The number of hydrogen-bond acceptors (Lipinski definition) is 2. The maximum atomic E-state index is 13.5. The molecule has 146 valence electrons. The van der Waals surface area contributed by atoms with E-state index in [1.54, 1.807) is 29.2 Å². The van der Waals surface area contributed by atoms with Gasteiger partial charge < -0.3 is 10.2 Å². The van der Waals surface area contributed by atoms with Crippen LogP contribution in [-0.2, 0) is 16.0 Å². The standard InChI is InChI=1S/C21H19F3N2O2/c1-2-19(27)25-16-5-3-4-13(8-16)9-20(28)26-7-6-14(12-26)15-10-17(22)21(24)18(23)11-15/h2-5,8,10-11,14H,1,6-7,9,12H2,(H,25,27). The molecule has 0 saturated carbocycles. The third-order valence-corrected chi connectivity index (χ3v) is 4.75. The summed E-state index contributed by atoms with van der Waals surface area (Å²) in [7, 11) is 0. The molecule has 2 amide bonds. The van der Waals surface area contributed by atoms with Gasteiger partial charge >= 0.3 is 0 Å². The number of carbonyl (C=O) groups excluding carboxylic acids is 2. The lowest BCUT2D eigenvalue weighted by Gasteiger charge is -2.17. The van der Waals surface area contributed by atoms with Crippen molar-refractivity contribution in [3.63, 3.8) is 0 Å². The Bertz CT molecular complexity index is 907. The van der Waals surface area contributed by atoms with Crippen LogP contribution >= 0.6 is 0 Å². The van der Waals surface area contributed by atoms with Gasteiger partial charge in [0.15, 0.2) is 17.5 Å². The highest BCUT2D eigenvalue weighted by Crippen LogP contribution is 2.29. The molecule has 1 fully saturated rings. The summed E-state index contributed by atoms with van der Waals surface area (Å²) < 4.78 is 40.1. The molecule has 0 aromatic heterocycles. The Kier molecular flexibility index (Phi) is 5.82. The van der Waals surface area contributed by atoms with E-state index in [0.29, 0.717) is 30.8 Å². The van der Waals surface area contributed by atoms with Gasteiger partial charge in [-0.1, -0.05) is 18.7 Å². The Morgan fingerprint density at radius 3 is 2.57 bits per heavy atom. The van der Waals surface area contributed by atoms with Crippen LogP contribution in [-0.4, -0.2) is 29.8 Å². The molecule has 28 heavy (non-hydrogen) atoms. The SMILES string of the molecule is C=CC(=O)Nc1cccc(CC(=O)N2CCC(c3cc(F)c(F)c(F)c3)C2)c1. The quantitative estimate of drug-likeness (QED) is 0.626. The van der Waals surface area contributed by atoms with E-state index in [1.165, 1.54) is 0 Å². The van der Waals surface area contributed by atoms with Crippen LogP contribution in [0.2, 0.25) is 0 Å². The van der Waals surface area contributed by atoms with Gasteiger partial charge in [-0.25, -0.2) is 13.2 Å². The zero-order valence-corrected chi connectivity index (χ0v) is 15.1. The van der Waals surface area contributed by atoms with Crippen molar-refractivity contribution < 1.29 is 22.8 Å². The lowest BCUT2D eigenvalue weighted by Crippen LogP contribution is -2.30. The smallest absolute Gasteiger partial charge is 0.247 e. The summed E-state index contributed by atoms with van der Waals surface area (Å²) in [4.78, 5) is 25.6. The molecule has 0 radical (unpaired) electrons. The van der Waals surface area contributed by atoms with Crippen LogP contribution in [0.25, 0.3) is 0 Å². The highest BCUT2D eigenvalue weighted by atomic mass is 19.2. The molecular formula is C21H19F3N2O2. The third kappa shape index (κ3) is 4.42. The first kappa shape index (κ1) is 19.7. The van der Waals surface area contributed by atoms with E-state index in [-0.39, 0.29) is 24.2 Å². The fourth-order valence-electron chi connectivity index (χ4n) is 3.31. The van der Waals surface area contributed by atoms with Gasteiger partial charge in [0, 0.05) is 24.7 Å². The van der Waals surface area contributed by atoms with Crippen LogP contribution in [0.3, 0.4) is 0 Å². The van der Waals surface area contributed by atoms with Gasteiger partial charge in [0.1, 0.15) is 0 Å². The number of carbonyl (C=O) groups is 2. The largest absolute Gasteiger partial charge is 0.342 e. The third-order valence-electron chi connectivity index (χ3n) is 4.75. The second kappa shape index (κ2) is 8.29. The molecule has 7 heteroatoms.